The summed E-state index contributed by atoms with van der Waals surface area (Å²) in [4.78, 5) is 27.2. The molecule has 0 spiro atoms. The molecule has 0 bridgehead atoms. The molecular formula is C20H23N3O3. The summed E-state index contributed by atoms with van der Waals surface area (Å²) in [6, 6.07) is 10.1. The first-order valence-electron chi connectivity index (χ1n) is 9.05. The molecule has 0 radical (unpaired) electrons. The molecule has 3 rings (SSSR count). The molecule has 0 aliphatic heterocycles. The van der Waals surface area contributed by atoms with Gasteiger partial charge in [-0.2, -0.15) is 5.26 Å². The number of nitriles is 1. The number of benzene rings is 1. The third kappa shape index (κ3) is 4.23. The van der Waals surface area contributed by atoms with Crippen LogP contribution >= 0.6 is 0 Å². The van der Waals surface area contributed by atoms with Crippen LogP contribution in [0.3, 0.4) is 0 Å². The summed E-state index contributed by atoms with van der Waals surface area (Å²) in [7, 11) is 0. The van der Waals surface area contributed by atoms with E-state index in [1.807, 2.05) is 30.5 Å². The topological polar surface area (TPSA) is 95.0 Å². The fraction of sp³-hybridized carbons (Fsp3) is 0.450. The van der Waals surface area contributed by atoms with E-state index < -0.39 is 17.4 Å². The van der Waals surface area contributed by atoms with Gasteiger partial charge in [-0.15, -0.1) is 0 Å². The molecule has 2 N–H and O–H groups in total. The maximum absolute atomic E-state index is 12.0. The van der Waals surface area contributed by atoms with Crippen molar-refractivity contribution in [3.05, 3.63) is 36.0 Å². The van der Waals surface area contributed by atoms with Crippen molar-refractivity contribution >= 4 is 22.8 Å². The van der Waals surface area contributed by atoms with Crippen LogP contribution in [0.4, 0.5) is 0 Å². The molecule has 1 aliphatic carbocycles. The maximum atomic E-state index is 12.0. The third-order valence-electron chi connectivity index (χ3n) is 4.94. The number of para-hydroxylation sites is 1. The van der Waals surface area contributed by atoms with Crippen molar-refractivity contribution in [1.29, 1.82) is 5.26 Å². The van der Waals surface area contributed by atoms with Crippen LogP contribution in [0.15, 0.2) is 30.5 Å². The Kier molecular flexibility index (Phi) is 5.57. The van der Waals surface area contributed by atoms with Gasteiger partial charge in [0.25, 0.3) is 5.91 Å². The number of aromatic nitrogens is 1. The van der Waals surface area contributed by atoms with Crippen LogP contribution in [-0.2, 0) is 20.7 Å². The number of hydrogen-bond acceptors (Lipinski definition) is 4. The number of esters is 1. The highest BCUT2D eigenvalue weighted by Gasteiger charge is 2.33. The Labute approximate surface area is 152 Å². The first kappa shape index (κ1) is 18.0. The van der Waals surface area contributed by atoms with Crippen molar-refractivity contribution in [3.63, 3.8) is 0 Å². The van der Waals surface area contributed by atoms with Crippen molar-refractivity contribution in [1.82, 2.24) is 10.3 Å². The van der Waals surface area contributed by atoms with Crippen LogP contribution in [0.5, 0.6) is 0 Å². The number of amides is 1. The van der Waals surface area contributed by atoms with Gasteiger partial charge in [0.15, 0.2) is 6.61 Å². The lowest BCUT2D eigenvalue weighted by Gasteiger charge is -2.31. The van der Waals surface area contributed by atoms with E-state index in [1.165, 1.54) is 0 Å². The predicted octanol–water partition coefficient (Wildman–Crippen LogP) is 2.99. The van der Waals surface area contributed by atoms with Gasteiger partial charge in [-0.25, -0.2) is 0 Å². The van der Waals surface area contributed by atoms with Crippen LogP contribution in [-0.4, -0.2) is 29.0 Å². The monoisotopic (exact) mass is 353 g/mol. The molecule has 0 unspecified atom stereocenters. The van der Waals surface area contributed by atoms with Gasteiger partial charge in [-0.1, -0.05) is 37.5 Å². The summed E-state index contributed by atoms with van der Waals surface area (Å²) in [5.41, 5.74) is 1.28. The summed E-state index contributed by atoms with van der Waals surface area (Å²) in [5.74, 6) is -0.825. The quantitative estimate of drug-likeness (QED) is 0.781. The first-order chi connectivity index (χ1) is 12.6. The summed E-state index contributed by atoms with van der Waals surface area (Å²) in [6.45, 7) is -0.337. The summed E-state index contributed by atoms with van der Waals surface area (Å²) < 4.78 is 5.07. The Bertz CT molecular complexity index is 828. The molecule has 26 heavy (non-hydrogen) atoms. The first-order valence-corrected chi connectivity index (χ1v) is 9.05. The second-order valence-electron chi connectivity index (χ2n) is 6.82. The molecule has 1 heterocycles. The molecular weight excluding hydrogens is 330 g/mol. The molecule has 6 heteroatoms. The zero-order valence-corrected chi connectivity index (χ0v) is 14.7. The van der Waals surface area contributed by atoms with Gasteiger partial charge in [0.2, 0.25) is 0 Å². The zero-order valence-electron chi connectivity index (χ0n) is 14.7. The Balaban J connectivity index is 1.45. The lowest BCUT2D eigenvalue weighted by atomic mass is 9.83. The van der Waals surface area contributed by atoms with Crippen molar-refractivity contribution in [2.45, 2.75) is 50.5 Å². The average molecular weight is 353 g/mol. The standard InChI is InChI=1S/C20H23N3O3/c21-14-20(10-4-1-5-11-20)23-18(24)13-26-19(25)9-8-15-12-22-17-7-3-2-6-16(15)17/h2-3,6-7,12,22H,1,4-5,8-11,13H2,(H,23,24). The average Bonchev–Trinajstić information content (AvgIpc) is 3.08. The number of nitrogens with zero attached hydrogens (tertiary/aromatic N) is 1. The smallest absolute Gasteiger partial charge is 0.306 e. The van der Waals surface area contributed by atoms with Gasteiger partial charge in [-0.05, 0) is 30.9 Å². The highest BCUT2D eigenvalue weighted by atomic mass is 16.5. The van der Waals surface area contributed by atoms with Crippen LogP contribution < -0.4 is 5.32 Å². The van der Waals surface area contributed by atoms with Crippen molar-refractivity contribution in [2.75, 3.05) is 6.61 Å². The number of hydrogen-bond donors (Lipinski definition) is 2. The molecule has 0 saturated heterocycles. The van der Waals surface area contributed by atoms with E-state index in [9.17, 15) is 14.9 Å². The second-order valence-corrected chi connectivity index (χ2v) is 6.82. The van der Waals surface area contributed by atoms with Crippen molar-refractivity contribution in [2.24, 2.45) is 0 Å². The van der Waals surface area contributed by atoms with Crippen LogP contribution in [0.1, 0.15) is 44.1 Å². The number of rotatable bonds is 6. The van der Waals surface area contributed by atoms with Gasteiger partial charge in [0.05, 0.1) is 6.07 Å². The van der Waals surface area contributed by atoms with Crippen LogP contribution in [0.25, 0.3) is 10.9 Å². The molecule has 1 saturated carbocycles. The molecule has 136 valence electrons. The highest BCUT2D eigenvalue weighted by Crippen LogP contribution is 2.27. The van der Waals surface area contributed by atoms with E-state index in [2.05, 4.69) is 16.4 Å². The number of nitrogens with one attached hydrogen (secondary N) is 2. The molecule has 0 atom stereocenters. The van der Waals surface area contributed by atoms with Gasteiger partial charge in [-0.3, -0.25) is 9.59 Å². The van der Waals surface area contributed by atoms with E-state index in [0.29, 0.717) is 19.3 Å². The number of fused-ring (bicyclic) bond motifs is 1. The molecule has 1 amide bonds. The highest BCUT2D eigenvalue weighted by molar-refractivity contribution is 5.84. The summed E-state index contributed by atoms with van der Waals surface area (Å²) >= 11 is 0. The Morgan fingerprint density at radius 3 is 2.77 bits per heavy atom. The largest absolute Gasteiger partial charge is 0.456 e. The molecule has 6 nitrogen and oxygen atoms in total. The molecule has 1 fully saturated rings. The lowest BCUT2D eigenvalue weighted by Crippen LogP contribution is -2.50. The number of ether oxygens (including phenoxy) is 1. The molecule has 1 aromatic heterocycles. The minimum absolute atomic E-state index is 0.207. The number of aryl methyl sites for hydroxylation is 1. The zero-order chi connectivity index (χ0) is 18.4. The summed E-state index contributed by atoms with van der Waals surface area (Å²) in [6.07, 6.45) is 6.90. The molecule has 2 aromatic rings. The fourth-order valence-electron chi connectivity index (χ4n) is 3.52. The Morgan fingerprint density at radius 1 is 1.23 bits per heavy atom. The SMILES string of the molecule is N#CC1(NC(=O)COC(=O)CCc2c[nH]c3ccccc23)CCCCC1. The predicted molar refractivity (Wildman–Crippen MR) is 97.2 cm³/mol. The summed E-state index contributed by atoms with van der Waals surface area (Å²) in [5, 5.41) is 13.2. The molecule has 1 aliphatic rings. The Hall–Kier alpha value is -2.81. The van der Waals surface area contributed by atoms with Gasteiger partial charge in [0.1, 0.15) is 5.54 Å². The van der Waals surface area contributed by atoms with Crippen LogP contribution in [0, 0.1) is 11.3 Å². The third-order valence-corrected chi connectivity index (χ3v) is 4.94. The lowest BCUT2D eigenvalue weighted by molar-refractivity contribution is -0.149. The van der Waals surface area contributed by atoms with Crippen molar-refractivity contribution in [3.8, 4) is 6.07 Å². The van der Waals surface area contributed by atoms with E-state index in [-0.39, 0.29) is 13.0 Å². The second kappa shape index (κ2) is 8.05. The molecule has 1 aromatic carbocycles. The normalized spacial score (nSPS) is 16.0. The van der Waals surface area contributed by atoms with E-state index in [4.69, 9.17) is 4.74 Å². The maximum Gasteiger partial charge on any atom is 0.306 e. The number of carbonyl (C=O) groups excluding carboxylic acids is 2. The van der Waals surface area contributed by atoms with Gasteiger partial charge < -0.3 is 15.0 Å². The number of aromatic amines is 1. The van der Waals surface area contributed by atoms with Crippen LogP contribution in [0.2, 0.25) is 0 Å². The van der Waals surface area contributed by atoms with E-state index >= 15 is 0 Å². The van der Waals surface area contributed by atoms with Gasteiger partial charge in [0, 0.05) is 23.5 Å². The van der Waals surface area contributed by atoms with E-state index in [1.54, 1.807) is 0 Å². The number of carbonyl (C=O) groups is 2. The van der Waals surface area contributed by atoms with E-state index in [0.717, 1.165) is 35.7 Å². The minimum atomic E-state index is -0.800. The minimum Gasteiger partial charge on any atom is -0.456 e. The van der Waals surface area contributed by atoms with Crippen molar-refractivity contribution < 1.29 is 14.3 Å². The Morgan fingerprint density at radius 2 is 2.00 bits per heavy atom. The number of H-pyrrole nitrogens is 1. The fourth-order valence-corrected chi connectivity index (χ4v) is 3.52. The van der Waals surface area contributed by atoms with Gasteiger partial charge >= 0.3 is 5.97 Å².